The summed E-state index contributed by atoms with van der Waals surface area (Å²) in [5.74, 6) is 0. The van der Waals surface area contributed by atoms with Crippen molar-refractivity contribution in [1.82, 2.24) is 4.90 Å². The largest absolute Gasteiger partial charge is 1.00 e. The topological polar surface area (TPSA) is 3.24 Å². The Kier molecular flexibility index (Phi) is 7.50. The van der Waals surface area contributed by atoms with E-state index >= 15 is 0 Å². The number of quaternary nitrogens is 1. The highest BCUT2D eigenvalue weighted by Gasteiger charge is 2.35. The Balaban J connectivity index is 0.00000225. The molecule has 0 aromatic heterocycles. The van der Waals surface area contributed by atoms with Crippen LogP contribution >= 0.6 is 15.9 Å². The molecular formula is C21H28BrIN2. The summed E-state index contributed by atoms with van der Waals surface area (Å²) in [6, 6.07) is 20.6. The van der Waals surface area contributed by atoms with E-state index in [-0.39, 0.29) is 24.0 Å². The summed E-state index contributed by atoms with van der Waals surface area (Å²) in [4.78, 5) is 2.65. The molecule has 1 unspecified atom stereocenters. The summed E-state index contributed by atoms with van der Waals surface area (Å²) in [6.45, 7) is 9.39. The monoisotopic (exact) mass is 514 g/mol. The van der Waals surface area contributed by atoms with E-state index in [1.165, 1.54) is 33.2 Å². The van der Waals surface area contributed by atoms with Crippen LogP contribution in [0.15, 0.2) is 59.1 Å². The number of halogens is 2. The number of nitrogens with zero attached hydrogens (tertiary/aromatic N) is 2. The second-order valence-corrected chi connectivity index (χ2v) is 8.25. The number of piperazine rings is 1. The van der Waals surface area contributed by atoms with Gasteiger partial charge in [0.15, 0.2) is 0 Å². The van der Waals surface area contributed by atoms with Crippen molar-refractivity contribution in [3.63, 3.8) is 0 Å². The van der Waals surface area contributed by atoms with Gasteiger partial charge in [-0.05, 0) is 31.0 Å². The lowest BCUT2D eigenvalue weighted by Crippen LogP contribution is -3.00. The molecule has 0 saturated carbocycles. The van der Waals surface area contributed by atoms with Crippen LogP contribution in [0.3, 0.4) is 0 Å². The predicted octanol–water partition coefficient (Wildman–Crippen LogP) is 1.71. The second kappa shape index (κ2) is 8.98. The zero-order valence-corrected chi connectivity index (χ0v) is 19.1. The van der Waals surface area contributed by atoms with Crippen LogP contribution in [0.5, 0.6) is 0 Å². The first-order chi connectivity index (χ1) is 11.5. The van der Waals surface area contributed by atoms with Crippen LogP contribution in [0.25, 0.3) is 0 Å². The Morgan fingerprint density at radius 1 is 0.920 bits per heavy atom. The van der Waals surface area contributed by atoms with Gasteiger partial charge >= 0.3 is 0 Å². The maximum absolute atomic E-state index is 3.78. The number of benzene rings is 2. The fraction of sp³-hybridized carbons (Fsp3) is 0.429. The van der Waals surface area contributed by atoms with E-state index in [0.717, 1.165) is 13.1 Å². The van der Waals surface area contributed by atoms with E-state index in [9.17, 15) is 0 Å². The average molecular weight is 515 g/mol. The van der Waals surface area contributed by atoms with Crippen LogP contribution in [0.1, 0.15) is 31.0 Å². The third-order valence-corrected chi connectivity index (χ3v) is 6.45. The molecule has 1 aliphatic rings. The van der Waals surface area contributed by atoms with E-state index in [1.807, 2.05) is 0 Å². The van der Waals surface area contributed by atoms with Gasteiger partial charge in [0.2, 0.25) is 0 Å². The number of hydrogen-bond donors (Lipinski definition) is 0. The molecule has 1 saturated heterocycles. The third-order valence-electron chi connectivity index (χ3n) is 5.72. The molecule has 2 nitrogen and oxygen atoms in total. The van der Waals surface area contributed by atoms with Gasteiger partial charge in [0, 0.05) is 17.6 Å². The molecule has 1 heterocycles. The first kappa shape index (κ1) is 20.9. The van der Waals surface area contributed by atoms with Crippen molar-refractivity contribution in [2.45, 2.75) is 25.9 Å². The highest BCUT2D eigenvalue weighted by Crippen LogP contribution is 2.34. The lowest BCUT2D eigenvalue weighted by Gasteiger charge is -2.47. The average Bonchev–Trinajstić information content (AvgIpc) is 2.59. The normalized spacial score (nSPS) is 18.6. The first-order valence-electron chi connectivity index (χ1n) is 8.89. The van der Waals surface area contributed by atoms with Crippen molar-refractivity contribution in [1.29, 1.82) is 0 Å². The Morgan fingerprint density at radius 2 is 1.48 bits per heavy atom. The van der Waals surface area contributed by atoms with Crippen molar-refractivity contribution in [3.8, 4) is 0 Å². The minimum absolute atomic E-state index is 0. The Labute approximate surface area is 178 Å². The molecule has 4 heteroatoms. The van der Waals surface area contributed by atoms with Gasteiger partial charge in [0.05, 0.1) is 32.2 Å². The maximum atomic E-state index is 3.78. The molecule has 0 bridgehead atoms. The highest BCUT2D eigenvalue weighted by atomic mass is 127. The Morgan fingerprint density at radius 3 is 2.04 bits per heavy atom. The van der Waals surface area contributed by atoms with Crippen molar-refractivity contribution >= 4 is 15.9 Å². The highest BCUT2D eigenvalue weighted by molar-refractivity contribution is 9.10. The maximum Gasteiger partial charge on any atom is 0.0916 e. The quantitative estimate of drug-likeness (QED) is 0.443. The van der Waals surface area contributed by atoms with E-state index in [2.05, 4.69) is 96.3 Å². The zero-order chi connectivity index (χ0) is 17.2. The molecule has 136 valence electrons. The van der Waals surface area contributed by atoms with Crippen molar-refractivity contribution in [2.75, 3.05) is 33.2 Å². The lowest BCUT2D eigenvalue weighted by molar-refractivity contribution is -0.933. The minimum Gasteiger partial charge on any atom is -1.00 e. The molecule has 3 rings (SSSR count). The Hall–Kier alpha value is -0.430. The summed E-state index contributed by atoms with van der Waals surface area (Å²) in [5, 5.41) is 0. The molecule has 1 atom stereocenters. The molecule has 2 aromatic rings. The van der Waals surface area contributed by atoms with Crippen LogP contribution < -0.4 is 24.0 Å². The van der Waals surface area contributed by atoms with Gasteiger partial charge in [0.1, 0.15) is 0 Å². The number of rotatable bonds is 4. The molecule has 0 amide bonds. The molecule has 1 aliphatic heterocycles. The van der Waals surface area contributed by atoms with Gasteiger partial charge in [-0.2, -0.15) is 0 Å². The van der Waals surface area contributed by atoms with Gasteiger partial charge < -0.3 is 28.5 Å². The summed E-state index contributed by atoms with van der Waals surface area (Å²) in [5.41, 5.74) is 2.74. The molecule has 0 N–H and O–H groups in total. The van der Waals surface area contributed by atoms with Crippen molar-refractivity contribution in [3.05, 3.63) is 70.2 Å². The van der Waals surface area contributed by atoms with Gasteiger partial charge in [-0.15, -0.1) is 0 Å². The fourth-order valence-corrected chi connectivity index (χ4v) is 4.13. The van der Waals surface area contributed by atoms with Gasteiger partial charge in [-0.1, -0.05) is 64.5 Å². The van der Waals surface area contributed by atoms with Gasteiger partial charge in [-0.25, -0.2) is 0 Å². The Bertz CT molecular complexity index is 667. The second-order valence-electron chi connectivity index (χ2n) is 7.39. The van der Waals surface area contributed by atoms with Crippen LogP contribution in [0.4, 0.5) is 0 Å². The molecule has 0 aliphatic carbocycles. The van der Waals surface area contributed by atoms with Crippen LogP contribution in [-0.4, -0.2) is 48.7 Å². The summed E-state index contributed by atoms with van der Waals surface area (Å²) in [6.07, 6.45) is 0. The van der Waals surface area contributed by atoms with Crippen molar-refractivity contribution in [2.24, 2.45) is 0 Å². The van der Waals surface area contributed by atoms with E-state index in [0.29, 0.717) is 12.1 Å². The number of likely N-dealkylation sites (N-methyl/N-ethyl adjacent to an activating group) is 1. The molecule has 2 aromatic carbocycles. The van der Waals surface area contributed by atoms with E-state index in [1.54, 1.807) is 0 Å². The fourth-order valence-electron chi connectivity index (χ4n) is 3.63. The van der Waals surface area contributed by atoms with Crippen LogP contribution in [0, 0.1) is 0 Å². The smallest absolute Gasteiger partial charge is 0.0916 e. The summed E-state index contributed by atoms with van der Waals surface area (Å²) in [7, 11) is 2.40. The molecular weight excluding hydrogens is 487 g/mol. The SMILES string of the molecule is CC(C)[N+]1(C)CCN(C(c2ccccc2)c2ccccc2Br)CC1.[I-]. The van der Waals surface area contributed by atoms with E-state index in [4.69, 9.17) is 0 Å². The standard InChI is InChI=1S/C21H28BrN2.HI/c1-17(2)24(3)15-13-23(14-16-24)21(18-9-5-4-6-10-18)19-11-7-8-12-20(19)22;/h4-12,17,21H,13-16H2,1-3H3;1H/q+1;/p-1. The minimum atomic E-state index is 0. The summed E-state index contributed by atoms with van der Waals surface area (Å²) >= 11 is 3.78. The zero-order valence-electron chi connectivity index (χ0n) is 15.3. The molecule has 0 spiro atoms. The molecule has 1 fully saturated rings. The first-order valence-corrected chi connectivity index (χ1v) is 9.68. The number of hydrogen-bond acceptors (Lipinski definition) is 1. The van der Waals surface area contributed by atoms with E-state index < -0.39 is 0 Å². The molecule has 25 heavy (non-hydrogen) atoms. The summed E-state index contributed by atoms with van der Waals surface area (Å²) < 4.78 is 2.37. The third kappa shape index (κ3) is 4.65. The van der Waals surface area contributed by atoms with Gasteiger partial charge in [0.25, 0.3) is 0 Å². The van der Waals surface area contributed by atoms with Crippen LogP contribution in [-0.2, 0) is 0 Å². The van der Waals surface area contributed by atoms with Crippen LogP contribution in [0.2, 0.25) is 0 Å². The van der Waals surface area contributed by atoms with Gasteiger partial charge in [-0.3, -0.25) is 4.90 Å². The molecule has 0 radical (unpaired) electrons. The van der Waals surface area contributed by atoms with Crippen molar-refractivity contribution < 1.29 is 28.5 Å². The predicted molar refractivity (Wildman–Crippen MR) is 105 cm³/mol. The lowest BCUT2D eigenvalue weighted by atomic mass is 9.96.